The summed E-state index contributed by atoms with van der Waals surface area (Å²) in [6.45, 7) is 10.4. The zero-order chi connectivity index (χ0) is 23.8. The number of amides is 1. The minimum atomic E-state index is -0.905. The van der Waals surface area contributed by atoms with Crippen molar-refractivity contribution in [1.29, 1.82) is 5.26 Å². The van der Waals surface area contributed by atoms with E-state index in [0.29, 0.717) is 6.61 Å². The second-order valence-electron chi connectivity index (χ2n) is 8.07. The number of nitriles is 1. The SMILES string of the molecule is COCC(C)n1c(C)cc(/C=C(/C#N)C(=O)NCC(O)COc2c(C)cccc2C)c1C. The summed E-state index contributed by atoms with van der Waals surface area (Å²) in [6, 6.07) is 9.86. The molecule has 0 saturated heterocycles. The van der Waals surface area contributed by atoms with E-state index in [2.05, 4.69) is 16.8 Å². The van der Waals surface area contributed by atoms with E-state index in [9.17, 15) is 15.2 Å². The summed E-state index contributed by atoms with van der Waals surface area (Å²) < 4.78 is 13.1. The lowest BCUT2D eigenvalue weighted by Gasteiger charge is -2.17. The second kappa shape index (κ2) is 11.5. The Bertz CT molecular complexity index is 997. The van der Waals surface area contributed by atoms with Crippen LogP contribution in [-0.4, -0.2) is 48.6 Å². The summed E-state index contributed by atoms with van der Waals surface area (Å²) in [5.74, 6) is 0.196. The summed E-state index contributed by atoms with van der Waals surface area (Å²) in [7, 11) is 1.66. The summed E-state index contributed by atoms with van der Waals surface area (Å²) >= 11 is 0. The lowest BCUT2D eigenvalue weighted by molar-refractivity contribution is -0.117. The molecule has 2 N–H and O–H groups in total. The van der Waals surface area contributed by atoms with Crippen molar-refractivity contribution in [3.05, 3.63) is 57.9 Å². The van der Waals surface area contributed by atoms with Gasteiger partial charge in [-0.1, -0.05) is 18.2 Å². The highest BCUT2D eigenvalue weighted by molar-refractivity contribution is 6.01. The van der Waals surface area contributed by atoms with Crippen LogP contribution in [0.3, 0.4) is 0 Å². The number of hydrogen-bond acceptors (Lipinski definition) is 5. The number of nitrogens with zero attached hydrogens (tertiary/aromatic N) is 2. The molecule has 1 amide bonds. The molecule has 0 fully saturated rings. The fourth-order valence-electron chi connectivity index (χ4n) is 3.82. The van der Waals surface area contributed by atoms with Gasteiger partial charge in [-0.15, -0.1) is 0 Å². The van der Waals surface area contributed by atoms with E-state index in [-0.39, 0.29) is 24.8 Å². The topological polar surface area (TPSA) is 96.5 Å². The number of methoxy groups -OCH3 is 1. The third kappa shape index (κ3) is 6.22. The molecule has 0 aliphatic heterocycles. The highest BCUT2D eigenvalue weighted by Gasteiger charge is 2.17. The van der Waals surface area contributed by atoms with Crippen molar-refractivity contribution in [3.8, 4) is 11.8 Å². The molecule has 1 aromatic carbocycles. The Labute approximate surface area is 190 Å². The minimum absolute atomic E-state index is 0.0208. The van der Waals surface area contributed by atoms with Crippen LogP contribution in [0.5, 0.6) is 5.75 Å². The first-order valence-corrected chi connectivity index (χ1v) is 10.6. The van der Waals surface area contributed by atoms with Gasteiger partial charge in [-0.2, -0.15) is 5.26 Å². The fourth-order valence-corrected chi connectivity index (χ4v) is 3.82. The first-order valence-electron chi connectivity index (χ1n) is 10.6. The van der Waals surface area contributed by atoms with E-state index in [1.165, 1.54) is 0 Å². The molecule has 2 atom stereocenters. The van der Waals surface area contributed by atoms with Crippen molar-refractivity contribution >= 4 is 12.0 Å². The fraction of sp³-hybridized carbons (Fsp3) is 0.440. The highest BCUT2D eigenvalue weighted by atomic mass is 16.5. The zero-order valence-corrected chi connectivity index (χ0v) is 19.7. The quantitative estimate of drug-likeness (QED) is 0.437. The number of aromatic nitrogens is 1. The summed E-state index contributed by atoms with van der Waals surface area (Å²) in [5, 5.41) is 22.3. The molecule has 2 aromatic rings. The maximum absolute atomic E-state index is 12.5. The van der Waals surface area contributed by atoms with E-state index in [1.807, 2.05) is 58.0 Å². The molecule has 0 saturated carbocycles. The van der Waals surface area contributed by atoms with Gasteiger partial charge in [0.25, 0.3) is 5.91 Å². The molecule has 2 unspecified atom stereocenters. The number of ether oxygens (including phenoxy) is 2. The van der Waals surface area contributed by atoms with E-state index in [4.69, 9.17) is 9.47 Å². The van der Waals surface area contributed by atoms with Gasteiger partial charge in [-0.25, -0.2) is 0 Å². The molecular weight excluding hydrogens is 406 g/mol. The third-order valence-corrected chi connectivity index (χ3v) is 5.36. The van der Waals surface area contributed by atoms with Crippen molar-refractivity contribution in [2.75, 3.05) is 26.9 Å². The van der Waals surface area contributed by atoms with Crippen LogP contribution in [0.1, 0.15) is 41.0 Å². The number of aliphatic hydroxyl groups is 1. The van der Waals surface area contributed by atoms with Gasteiger partial charge in [-0.05, 0) is 63.5 Å². The number of carbonyl (C=O) groups excluding carboxylic acids is 1. The van der Waals surface area contributed by atoms with E-state index >= 15 is 0 Å². The van der Waals surface area contributed by atoms with Gasteiger partial charge in [0.15, 0.2) is 0 Å². The van der Waals surface area contributed by atoms with E-state index in [0.717, 1.165) is 33.8 Å². The summed E-state index contributed by atoms with van der Waals surface area (Å²) in [5.41, 5.74) is 4.72. The minimum Gasteiger partial charge on any atom is -0.490 e. The number of hydrogen-bond donors (Lipinski definition) is 2. The van der Waals surface area contributed by atoms with Crippen molar-refractivity contribution < 1.29 is 19.4 Å². The number of benzene rings is 1. The van der Waals surface area contributed by atoms with Crippen LogP contribution < -0.4 is 10.1 Å². The van der Waals surface area contributed by atoms with Crippen LogP contribution in [0.4, 0.5) is 0 Å². The third-order valence-electron chi connectivity index (χ3n) is 5.36. The van der Waals surface area contributed by atoms with Crippen molar-refractivity contribution in [1.82, 2.24) is 9.88 Å². The lowest BCUT2D eigenvalue weighted by atomic mass is 10.1. The average molecular weight is 440 g/mol. The summed E-state index contributed by atoms with van der Waals surface area (Å²) in [6.07, 6.45) is 0.672. The number of carbonyl (C=O) groups is 1. The van der Waals surface area contributed by atoms with Crippen molar-refractivity contribution in [2.45, 2.75) is 46.8 Å². The van der Waals surface area contributed by atoms with Crippen LogP contribution >= 0.6 is 0 Å². The molecule has 1 heterocycles. The number of aryl methyl sites for hydroxylation is 3. The van der Waals surface area contributed by atoms with Gasteiger partial charge in [0.1, 0.15) is 30.1 Å². The first-order chi connectivity index (χ1) is 15.2. The second-order valence-corrected chi connectivity index (χ2v) is 8.07. The van der Waals surface area contributed by atoms with Crippen LogP contribution in [0.15, 0.2) is 29.8 Å². The monoisotopic (exact) mass is 439 g/mol. The molecule has 0 bridgehead atoms. The Morgan fingerprint density at radius 3 is 2.50 bits per heavy atom. The highest BCUT2D eigenvalue weighted by Crippen LogP contribution is 2.23. The van der Waals surface area contributed by atoms with E-state index in [1.54, 1.807) is 13.2 Å². The normalized spacial score (nSPS) is 13.4. The first kappa shape index (κ1) is 25.2. The smallest absolute Gasteiger partial charge is 0.262 e. The Morgan fingerprint density at radius 1 is 1.25 bits per heavy atom. The molecule has 2 rings (SSSR count). The predicted molar refractivity (Wildman–Crippen MR) is 125 cm³/mol. The molecular formula is C25H33N3O4. The standard InChI is InChI=1S/C25H33N3O4/c1-16-8-7-9-17(2)24(16)32-15-23(29)13-27-25(30)22(12-26)11-21-10-18(3)28(20(21)5)19(4)14-31-6/h7-11,19,23,29H,13-15H2,1-6H3,(H,27,30)/b22-11-. The molecule has 7 heteroatoms. The van der Waals surface area contributed by atoms with E-state index < -0.39 is 12.0 Å². The van der Waals surface area contributed by atoms with Gasteiger partial charge < -0.3 is 24.5 Å². The maximum atomic E-state index is 12.5. The lowest BCUT2D eigenvalue weighted by Crippen LogP contribution is -2.35. The largest absolute Gasteiger partial charge is 0.490 e. The zero-order valence-electron chi connectivity index (χ0n) is 19.7. The van der Waals surface area contributed by atoms with Crippen LogP contribution in [-0.2, 0) is 9.53 Å². The molecule has 32 heavy (non-hydrogen) atoms. The molecule has 0 aliphatic rings. The number of nitrogens with one attached hydrogen (secondary N) is 1. The number of para-hydroxylation sites is 1. The Morgan fingerprint density at radius 2 is 1.91 bits per heavy atom. The van der Waals surface area contributed by atoms with Gasteiger partial charge in [0.2, 0.25) is 0 Å². The molecule has 0 radical (unpaired) electrons. The Hall–Kier alpha value is -3.08. The van der Waals surface area contributed by atoms with Crippen LogP contribution in [0.25, 0.3) is 6.08 Å². The predicted octanol–water partition coefficient (Wildman–Crippen LogP) is 3.39. The van der Waals surface area contributed by atoms with Crippen molar-refractivity contribution in [3.63, 3.8) is 0 Å². The van der Waals surface area contributed by atoms with Gasteiger partial charge in [-0.3, -0.25) is 4.79 Å². The Kier molecular flexibility index (Phi) is 9.06. The van der Waals surface area contributed by atoms with Crippen LogP contribution in [0.2, 0.25) is 0 Å². The number of rotatable bonds is 10. The van der Waals surface area contributed by atoms with Gasteiger partial charge in [0, 0.05) is 25.0 Å². The van der Waals surface area contributed by atoms with Crippen molar-refractivity contribution in [2.24, 2.45) is 0 Å². The van der Waals surface area contributed by atoms with Gasteiger partial charge in [0.05, 0.1) is 12.6 Å². The molecule has 0 spiro atoms. The summed E-state index contributed by atoms with van der Waals surface area (Å²) in [4.78, 5) is 12.5. The van der Waals surface area contributed by atoms with Crippen LogP contribution in [0, 0.1) is 39.0 Å². The number of aliphatic hydroxyl groups excluding tert-OH is 1. The average Bonchev–Trinajstić information content (AvgIpc) is 3.02. The van der Waals surface area contributed by atoms with Gasteiger partial charge >= 0.3 is 0 Å². The molecule has 7 nitrogen and oxygen atoms in total. The molecule has 0 aliphatic carbocycles. The molecule has 172 valence electrons. The molecule has 1 aromatic heterocycles. The Balaban J connectivity index is 2.02. The maximum Gasteiger partial charge on any atom is 0.262 e.